The smallest absolute Gasteiger partial charge is 0.271 e. The largest absolute Gasteiger partial charge is 0.389 e. The molecule has 2 aromatic heterocycles. The minimum atomic E-state index is -0.941. The van der Waals surface area contributed by atoms with Gasteiger partial charge in [-0.1, -0.05) is 0 Å². The van der Waals surface area contributed by atoms with Crippen LogP contribution in [0.2, 0.25) is 0 Å². The molecule has 0 saturated carbocycles. The van der Waals surface area contributed by atoms with Gasteiger partial charge in [-0.2, -0.15) is 10.2 Å². The first-order valence-corrected chi connectivity index (χ1v) is 7.14. The van der Waals surface area contributed by atoms with Gasteiger partial charge in [0.05, 0.1) is 17.0 Å². The van der Waals surface area contributed by atoms with Gasteiger partial charge >= 0.3 is 0 Å². The summed E-state index contributed by atoms with van der Waals surface area (Å²) in [5.41, 5.74) is 2.95. The number of nitrogens with zero attached hydrogens (tertiary/aromatic N) is 4. The zero-order valence-electron chi connectivity index (χ0n) is 13.9. The first-order chi connectivity index (χ1) is 10.1. The van der Waals surface area contributed by atoms with Crippen molar-refractivity contribution >= 4 is 5.91 Å². The summed E-state index contributed by atoms with van der Waals surface area (Å²) in [6.07, 6.45) is 0. The Morgan fingerprint density at radius 3 is 2.59 bits per heavy atom. The highest BCUT2D eigenvalue weighted by Crippen LogP contribution is 2.25. The normalized spacial score (nSPS) is 11.8. The molecule has 2 heterocycles. The molecule has 0 bridgehead atoms. The Kier molecular flexibility index (Phi) is 4.10. The average Bonchev–Trinajstić information content (AvgIpc) is 2.93. The summed E-state index contributed by atoms with van der Waals surface area (Å²) in [4.78, 5) is 13.8. The van der Waals surface area contributed by atoms with Crippen LogP contribution >= 0.6 is 0 Å². The van der Waals surface area contributed by atoms with E-state index in [-0.39, 0.29) is 12.5 Å². The van der Waals surface area contributed by atoms with Crippen molar-refractivity contribution in [2.24, 2.45) is 7.05 Å². The summed E-state index contributed by atoms with van der Waals surface area (Å²) < 4.78 is 1.79. The Balaban J connectivity index is 2.26. The van der Waals surface area contributed by atoms with E-state index in [2.05, 4.69) is 15.3 Å². The van der Waals surface area contributed by atoms with Crippen LogP contribution in [0.5, 0.6) is 0 Å². The third-order valence-corrected chi connectivity index (χ3v) is 3.54. The van der Waals surface area contributed by atoms with Crippen LogP contribution in [0.1, 0.15) is 35.7 Å². The second kappa shape index (κ2) is 5.57. The molecule has 0 aliphatic rings. The number of aromatic nitrogens is 4. The Bertz CT molecular complexity index is 693. The molecule has 2 rings (SSSR count). The summed E-state index contributed by atoms with van der Waals surface area (Å²) in [6.45, 7) is 7.45. The number of hydrogen-bond donors (Lipinski definition) is 2. The second-order valence-electron chi connectivity index (χ2n) is 6.31. The summed E-state index contributed by atoms with van der Waals surface area (Å²) in [6, 6.07) is 1.72. The number of rotatable bonds is 4. The molecule has 0 fully saturated rings. The molecular weight excluding hydrogens is 282 g/mol. The lowest BCUT2D eigenvalue weighted by Crippen LogP contribution is -2.39. The molecule has 0 radical (unpaired) electrons. The van der Waals surface area contributed by atoms with E-state index in [9.17, 15) is 9.90 Å². The molecule has 22 heavy (non-hydrogen) atoms. The Labute approximate surface area is 129 Å². The predicted molar refractivity (Wildman–Crippen MR) is 83.5 cm³/mol. The van der Waals surface area contributed by atoms with Crippen molar-refractivity contribution in [1.82, 2.24) is 24.9 Å². The molecule has 7 heteroatoms. The van der Waals surface area contributed by atoms with Gasteiger partial charge in [0, 0.05) is 31.9 Å². The van der Waals surface area contributed by atoms with Gasteiger partial charge < -0.3 is 10.0 Å². The first-order valence-electron chi connectivity index (χ1n) is 7.14. The number of aromatic amines is 1. The molecule has 2 aromatic rings. The van der Waals surface area contributed by atoms with Crippen LogP contribution in [0, 0.1) is 13.8 Å². The number of H-pyrrole nitrogens is 1. The van der Waals surface area contributed by atoms with Gasteiger partial charge in [-0.3, -0.25) is 14.6 Å². The van der Waals surface area contributed by atoms with E-state index in [1.54, 1.807) is 31.6 Å². The Hall–Kier alpha value is -2.15. The number of aliphatic hydroxyl groups is 1. The number of likely N-dealkylation sites (N-methyl/N-ethyl adjacent to an activating group) is 1. The van der Waals surface area contributed by atoms with Crippen LogP contribution in [0.4, 0.5) is 0 Å². The molecule has 120 valence electrons. The highest BCUT2D eigenvalue weighted by atomic mass is 16.3. The van der Waals surface area contributed by atoms with E-state index in [1.165, 1.54) is 4.90 Å². The maximum atomic E-state index is 12.4. The molecule has 2 N–H and O–H groups in total. The molecule has 0 spiro atoms. The van der Waals surface area contributed by atoms with Crippen molar-refractivity contribution in [2.45, 2.75) is 33.3 Å². The van der Waals surface area contributed by atoms with Gasteiger partial charge in [0.2, 0.25) is 0 Å². The molecule has 0 aliphatic heterocycles. The molecule has 0 atom stereocenters. The van der Waals surface area contributed by atoms with Gasteiger partial charge in [-0.25, -0.2) is 0 Å². The number of hydrogen-bond acceptors (Lipinski definition) is 4. The van der Waals surface area contributed by atoms with Crippen molar-refractivity contribution in [1.29, 1.82) is 0 Å². The van der Waals surface area contributed by atoms with Gasteiger partial charge in [0.25, 0.3) is 5.91 Å². The van der Waals surface area contributed by atoms with E-state index in [4.69, 9.17) is 0 Å². The van der Waals surface area contributed by atoms with Crippen LogP contribution in [0.25, 0.3) is 11.3 Å². The number of amides is 1. The predicted octanol–water partition coefficient (Wildman–Crippen LogP) is 1.27. The van der Waals surface area contributed by atoms with Gasteiger partial charge in [0.15, 0.2) is 0 Å². The van der Waals surface area contributed by atoms with Gasteiger partial charge in [-0.05, 0) is 33.8 Å². The van der Waals surface area contributed by atoms with Crippen molar-refractivity contribution in [3.05, 3.63) is 23.1 Å². The zero-order chi connectivity index (χ0) is 16.7. The fourth-order valence-electron chi connectivity index (χ4n) is 2.56. The van der Waals surface area contributed by atoms with E-state index >= 15 is 0 Å². The van der Waals surface area contributed by atoms with Crippen LogP contribution in [0.15, 0.2) is 6.07 Å². The van der Waals surface area contributed by atoms with Crippen molar-refractivity contribution < 1.29 is 9.90 Å². The highest BCUT2D eigenvalue weighted by Gasteiger charge is 2.23. The molecule has 7 nitrogen and oxygen atoms in total. The lowest BCUT2D eigenvalue weighted by Gasteiger charge is -2.24. The third kappa shape index (κ3) is 3.19. The fourth-order valence-corrected chi connectivity index (χ4v) is 2.56. The number of aryl methyl sites for hydroxylation is 2. The zero-order valence-corrected chi connectivity index (χ0v) is 13.9. The summed E-state index contributed by atoms with van der Waals surface area (Å²) in [7, 11) is 3.53. The van der Waals surface area contributed by atoms with Crippen molar-refractivity contribution in [3.8, 4) is 11.3 Å². The standard InChI is InChI=1S/C15H23N5O2/c1-9-13(10(2)20(6)18-9)11-7-12(17-16-11)14(21)19(5)8-15(3,4)22/h7,22H,8H2,1-6H3,(H,16,17). The number of carbonyl (C=O) groups excluding carboxylic acids is 1. The third-order valence-electron chi connectivity index (χ3n) is 3.54. The van der Waals surface area contributed by atoms with E-state index < -0.39 is 5.60 Å². The summed E-state index contributed by atoms with van der Waals surface area (Å²) >= 11 is 0. The fraction of sp³-hybridized carbons (Fsp3) is 0.533. The molecule has 1 amide bonds. The van der Waals surface area contributed by atoms with E-state index in [0.29, 0.717) is 11.4 Å². The maximum absolute atomic E-state index is 12.4. The lowest BCUT2D eigenvalue weighted by molar-refractivity contribution is 0.0365. The SMILES string of the molecule is Cc1nn(C)c(C)c1-c1cc(C(=O)N(C)CC(C)(C)O)[nH]n1. The molecule has 0 aliphatic carbocycles. The number of carbonyl (C=O) groups is 1. The first kappa shape index (κ1) is 16.2. The molecule has 0 saturated heterocycles. The van der Waals surface area contributed by atoms with Crippen molar-refractivity contribution in [3.63, 3.8) is 0 Å². The Morgan fingerprint density at radius 1 is 1.45 bits per heavy atom. The van der Waals surface area contributed by atoms with Crippen LogP contribution in [0.3, 0.4) is 0 Å². The molecule has 0 unspecified atom stereocenters. The molecular formula is C15H23N5O2. The topological polar surface area (TPSA) is 87.0 Å². The summed E-state index contributed by atoms with van der Waals surface area (Å²) in [5.74, 6) is -0.208. The minimum absolute atomic E-state index is 0.208. The average molecular weight is 305 g/mol. The maximum Gasteiger partial charge on any atom is 0.271 e. The van der Waals surface area contributed by atoms with Crippen LogP contribution in [-0.2, 0) is 7.05 Å². The minimum Gasteiger partial charge on any atom is -0.389 e. The van der Waals surface area contributed by atoms with Crippen LogP contribution < -0.4 is 0 Å². The summed E-state index contributed by atoms with van der Waals surface area (Å²) in [5, 5.41) is 21.2. The van der Waals surface area contributed by atoms with E-state index in [1.807, 2.05) is 20.9 Å². The Morgan fingerprint density at radius 2 is 2.09 bits per heavy atom. The van der Waals surface area contributed by atoms with Crippen molar-refractivity contribution in [2.75, 3.05) is 13.6 Å². The quantitative estimate of drug-likeness (QED) is 0.890. The van der Waals surface area contributed by atoms with Gasteiger partial charge in [-0.15, -0.1) is 0 Å². The van der Waals surface area contributed by atoms with Gasteiger partial charge in [0.1, 0.15) is 5.69 Å². The monoisotopic (exact) mass is 305 g/mol. The second-order valence-corrected chi connectivity index (χ2v) is 6.31. The van der Waals surface area contributed by atoms with E-state index in [0.717, 1.165) is 17.0 Å². The lowest BCUT2D eigenvalue weighted by atomic mass is 10.1. The highest BCUT2D eigenvalue weighted by molar-refractivity contribution is 5.93. The van der Waals surface area contributed by atoms with Crippen LogP contribution in [-0.4, -0.2) is 55.1 Å². The number of nitrogens with one attached hydrogen (secondary N) is 1. The molecule has 0 aromatic carbocycles.